The Morgan fingerprint density at radius 3 is 2.74 bits per heavy atom. The number of fused-ring (bicyclic) bond motifs is 1. The van der Waals surface area contributed by atoms with Gasteiger partial charge in [0, 0.05) is 31.1 Å². The van der Waals surface area contributed by atoms with Gasteiger partial charge in [-0.1, -0.05) is 6.07 Å². The van der Waals surface area contributed by atoms with E-state index in [1.54, 1.807) is 12.3 Å². The number of aromatic nitrogens is 1. The predicted molar refractivity (Wildman–Crippen MR) is 73.4 cm³/mol. The second-order valence-corrected chi connectivity index (χ2v) is 4.30. The van der Waals surface area contributed by atoms with Gasteiger partial charge >= 0.3 is 0 Å². The zero-order chi connectivity index (χ0) is 13.1. The van der Waals surface area contributed by atoms with Gasteiger partial charge in [-0.05, 0) is 11.6 Å². The van der Waals surface area contributed by atoms with E-state index >= 15 is 0 Å². The maximum absolute atomic E-state index is 6.00. The highest BCUT2D eigenvalue weighted by Crippen LogP contribution is 2.37. The number of hydrogen-bond acceptors (Lipinski definition) is 5. The summed E-state index contributed by atoms with van der Waals surface area (Å²) in [5, 5.41) is 3.28. The van der Waals surface area contributed by atoms with Crippen molar-refractivity contribution in [2.75, 3.05) is 24.3 Å². The van der Waals surface area contributed by atoms with Crippen LogP contribution in [0, 0.1) is 0 Å². The largest absolute Gasteiger partial charge is 0.486 e. The smallest absolute Gasteiger partial charge is 0.163 e. The second kappa shape index (κ2) is 5.06. The first kappa shape index (κ1) is 11.6. The summed E-state index contributed by atoms with van der Waals surface area (Å²) in [6, 6.07) is 7.58. The molecule has 0 saturated carbocycles. The fourth-order valence-corrected chi connectivity index (χ4v) is 1.96. The van der Waals surface area contributed by atoms with Crippen LogP contribution in [0.3, 0.4) is 0 Å². The van der Waals surface area contributed by atoms with Crippen molar-refractivity contribution in [3.05, 3.63) is 42.2 Å². The average molecular weight is 257 g/mol. The summed E-state index contributed by atoms with van der Waals surface area (Å²) >= 11 is 0. The van der Waals surface area contributed by atoms with E-state index in [0.29, 0.717) is 31.2 Å². The first-order chi connectivity index (χ1) is 9.33. The fourth-order valence-electron chi connectivity index (χ4n) is 1.96. The molecule has 3 rings (SSSR count). The molecular weight excluding hydrogens is 242 g/mol. The van der Waals surface area contributed by atoms with E-state index in [9.17, 15) is 0 Å². The molecule has 5 nitrogen and oxygen atoms in total. The molecule has 0 aliphatic carbocycles. The van der Waals surface area contributed by atoms with Crippen LogP contribution in [0.25, 0.3) is 0 Å². The quantitative estimate of drug-likeness (QED) is 0.823. The second-order valence-electron chi connectivity index (χ2n) is 4.30. The topological polar surface area (TPSA) is 69.4 Å². The van der Waals surface area contributed by atoms with Gasteiger partial charge in [-0.2, -0.15) is 0 Å². The van der Waals surface area contributed by atoms with Gasteiger partial charge in [0.15, 0.2) is 11.5 Å². The zero-order valence-electron chi connectivity index (χ0n) is 10.4. The molecule has 98 valence electrons. The number of ether oxygens (including phenoxy) is 2. The minimum absolute atomic E-state index is 0.564. The molecule has 1 aliphatic heterocycles. The van der Waals surface area contributed by atoms with Crippen LogP contribution in [0.4, 0.5) is 11.4 Å². The summed E-state index contributed by atoms with van der Waals surface area (Å²) in [6.45, 7) is 1.80. The molecule has 1 aromatic heterocycles. The van der Waals surface area contributed by atoms with Crippen molar-refractivity contribution in [2.45, 2.75) is 6.54 Å². The maximum Gasteiger partial charge on any atom is 0.163 e. The Kier molecular flexibility index (Phi) is 3.10. The Morgan fingerprint density at radius 1 is 1.21 bits per heavy atom. The summed E-state index contributed by atoms with van der Waals surface area (Å²) in [4.78, 5) is 4.07. The lowest BCUT2D eigenvalue weighted by molar-refractivity contribution is 0.172. The molecule has 0 fully saturated rings. The molecule has 0 radical (unpaired) electrons. The first-order valence-corrected chi connectivity index (χ1v) is 6.15. The number of benzene rings is 1. The number of nitrogen functional groups attached to an aromatic ring is 1. The van der Waals surface area contributed by atoms with Gasteiger partial charge in [-0.15, -0.1) is 0 Å². The number of nitrogens with zero attached hydrogens (tertiary/aromatic N) is 1. The van der Waals surface area contributed by atoms with E-state index in [-0.39, 0.29) is 0 Å². The third kappa shape index (κ3) is 2.54. The minimum atomic E-state index is 0.564. The van der Waals surface area contributed by atoms with Crippen LogP contribution in [-0.4, -0.2) is 18.2 Å². The van der Waals surface area contributed by atoms with Gasteiger partial charge in [0.1, 0.15) is 13.2 Å². The predicted octanol–water partition coefficient (Wildman–Crippen LogP) is 2.05. The van der Waals surface area contributed by atoms with Crippen LogP contribution in [-0.2, 0) is 6.54 Å². The molecular formula is C14H15N3O2. The Morgan fingerprint density at radius 2 is 2.00 bits per heavy atom. The molecule has 2 aromatic rings. The van der Waals surface area contributed by atoms with Crippen molar-refractivity contribution in [3.8, 4) is 11.5 Å². The molecule has 1 aromatic carbocycles. The van der Waals surface area contributed by atoms with E-state index in [0.717, 1.165) is 17.0 Å². The molecule has 19 heavy (non-hydrogen) atoms. The van der Waals surface area contributed by atoms with Gasteiger partial charge < -0.3 is 20.5 Å². The van der Waals surface area contributed by atoms with E-state index in [4.69, 9.17) is 15.2 Å². The highest BCUT2D eigenvalue weighted by atomic mass is 16.6. The summed E-state index contributed by atoms with van der Waals surface area (Å²) in [7, 11) is 0. The van der Waals surface area contributed by atoms with Crippen LogP contribution < -0.4 is 20.5 Å². The van der Waals surface area contributed by atoms with E-state index in [2.05, 4.69) is 10.3 Å². The standard InChI is InChI=1S/C14H15N3O2/c15-11-6-13-14(19-5-4-18-13)7-12(11)17-9-10-2-1-3-16-8-10/h1-3,6-8,17H,4-5,9,15H2. The normalized spacial score (nSPS) is 13.1. The van der Waals surface area contributed by atoms with Crippen LogP contribution in [0.2, 0.25) is 0 Å². The summed E-state index contributed by atoms with van der Waals surface area (Å²) < 4.78 is 11.0. The molecule has 0 spiro atoms. The SMILES string of the molecule is Nc1cc2c(cc1NCc1cccnc1)OCCO2. The number of nitrogens with two attached hydrogens (primary N) is 1. The van der Waals surface area contributed by atoms with Crippen molar-refractivity contribution in [1.29, 1.82) is 0 Å². The third-order valence-electron chi connectivity index (χ3n) is 2.92. The van der Waals surface area contributed by atoms with Crippen molar-refractivity contribution in [2.24, 2.45) is 0 Å². The minimum Gasteiger partial charge on any atom is -0.486 e. The van der Waals surface area contributed by atoms with Crippen molar-refractivity contribution in [3.63, 3.8) is 0 Å². The fraction of sp³-hybridized carbons (Fsp3) is 0.214. The molecule has 5 heteroatoms. The highest BCUT2D eigenvalue weighted by Gasteiger charge is 2.14. The maximum atomic E-state index is 6.00. The van der Waals surface area contributed by atoms with Crippen molar-refractivity contribution in [1.82, 2.24) is 4.98 Å². The molecule has 0 unspecified atom stereocenters. The summed E-state index contributed by atoms with van der Waals surface area (Å²) in [5.74, 6) is 1.44. The number of nitrogens with one attached hydrogen (secondary N) is 1. The lowest BCUT2D eigenvalue weighted by Crippen LogP contribution is -2.16. The number of hydrogen-bond donors (Lipinski definition) is 2. The van der Waals surface area contributed by atoms with Gasteiger partial charge in [-0.25, -0.2) is 0 Å². The Labute approximate surface area is 111 Å². The van der Waals surface area contributed by atoms with Gasteiger partial charge in [0.25, 0.3) is 0 Å². The Hall–Kier alpha value is -2.43. The number of anilines is 2. The average Bonchev–Trinajstić information content (AvgIpc) is 2.46. The Balaban J connectivity index is 1.77. The van der Waals surface area contributed by atoms with Crippen LogP contribution in [0.5, 0.6) is 11.5 Å². The van der Waals surface area contributed by atoms with E-state index in [1.165, 1.54) is 0 Å². The van der Waals surface area contributed by atoms with Crippen LogP contribution >= 0.6 is 0 Å². The third-order valence-corrected chi connectivity index (χ3v) is 2.92. The van der Waals surface area contributed by atoms with Crippen molar-refractivity contribution >= 4 is 11.4 Å². The summed E-state index contributed by atoms with van der Waals surface area (Å²) in [5.41, 5.74) is 8.58. The first-order valence-electron chi connectivity index (χ1n) is 6.15. The number of rotatable bonds is 3. The monoisotopic (exact) mass is 257 g/mol. The molecule has 3 N–H and O–H groups in total. The van der Waals surface area contributed by atoms with Crippen molar-refractivity contribution < 1.29 is 9.47 Å². The van der Waals surface area contributed by atoms with Gasteiger partial charge in [0.05, 0.1) is 11.4 Å². The Bertz CT molecular complexity index is 572. The summed E-state index contributed by atoms with van der Waals surface area (Å²) in [6.07, 6.45) is 3.57. The molecule has 0 amide bonds. The van der Waals surface area contributed by atoms with Gasteiger partial charge in [-0.3, -0.25) is 4.98 Å². The van der Waals surface area contributed by atoms with Gasteiger partial charge in [0.2, 0.25) is 0 Å². The molecule has 0 bridgehead atoms. The van der Waals surface area contributed by atoms with Crippen LogP contribution in [0.1, 0.15) is 5.56 Å². The lowest BCUT2D eigenvalue weighted by atomic mass is 10.2. The molecule has 0 saturated heterocycles. The number of pyridine rings is 1. The van der Waals surface area contributed by atoms with E-state index in [1.807, 2.05) is 24.4 Å². The highest BCUT2D eigenvalue weighted by molar-refractivity contribution is 5.72. The molecule has 1 aliphatic rings. The molecule has 2 heterocycles. The molecule has 0 atom stereocenters. The zero-order valence-corrected chi connectivity index (χ0v) is 10.4. The van der Waals surface area contributed by atoms with Crippen LogP contribution in [0.15, 0.2) is 36.7 Å². The lowest BCUT2D eigenvalue weighted by Gasteiger charge is -2.20. The van der Waals surface area contributed by atoms with E-state index < -0.39 is 0 Å².